The van der Waals surface area contributed by atoms with Crippen LogP contribution in [0.2, 0.25) is 10.0 Å². The molecule has 0 unspecified atom stereocenters. The topological polar surface area (TPSA) is 81.7 Å². The number of benzene rings is 2. The van der Waals surface area contributed by atoms with Gasteiger partial charge in [0.05, 0.1) is 26.5 Å². The van der Waals surface area contributed by atoms with Gasteiger partial charge in [0.1, 0.15) is 0 Å². The van der Waals surface area contributed by atoms with Crippen LogP contribution < -0.4 is 10.0 Å². The van der Waals surface area contributed by atoms with Crippen molar-refractivity contribution in [1.82, 2.24) is 0 Å². The molecular formula is C15H13Cl2F3NO5PS. The Morgan fingerprint density at radius 3 is 2.18 bits per heavy atom. The average Bonchev–Trinajstić information content (AvgIpc) is 2.60. The van der Waals surface area contributed by atoms with Gasteiger partial charge in [-0.05, 0) is 36.4 Å². The largest absolute Gasteiger partial charge is 0.417 e. The molecular weight excluding hydrogens is 465 g/mol. The second-order valence-electron chi connectivity index (χ2n) is 5.27. The lowest BCUT2D eigenvalue weighted by molar-refractivity contribution is -0.137. The molecule has 0 aliphatic rings. The zero-order valence-corrected chi connectivity index (χ0v) is 17.5. The van der Waals surface area contributed by atoms with E-state index in [0.717, 1.165) is 32.4 Å². The van der Waals surface area contributed by atoms with Crippen LogP contribution in [0.1, 0.15) is 5.56 Å². The van der Waals surface area contributed by atoms with E-state index in [0.29, 0.717) is 6.07 Å². The van der Waals surface area contributed by atoms with Gasteiger partial charge in [-0.15, -0.1) is 0 Å². The summed E-state index contributed by atoms with van der Waals surface area (Å²) in [7, 11) is -6.25. The van der Waals surface area contributed by atoms with Crippen molar-refractivity contribution in [3.63, 3.8) is 0 Å². The highest BCUT2D eigenvalue weighted by Crippen LogP contribution is 2.47. The van der Waals surface area contributed by atoms with Crippen LogP contribution in [-0.4, -0.2) is 22.6 Å². The summed E-state index contributed by atoms with van der Waals surface area (Å²) in [5, 5.41) is -0.749. The lowest BCUT2D eigenvalue weighted by Crippen LogP contribution is -2.21. The van der Waals surface area contributed by atoms with E-state index in [-0.39, 0.29) is 16.0 Å². The zero-order valence-electron chi connectivity index (χ0n) is 14.3. The molecule has 13 heteroatoms. The molecule has 6 nitrogen and oxygen atoms in total. The smallest absolute Gasteiger partial charge is 0.309 e. The highest BCUT2D eigenvalue weighted by Gasteiger charge is 2.35. The average molecular weight is 478 g/mol. The molecule has 2 aromatic rings. The molecule has 0 radical (unpaired) electrons. The monoisotopic (exact) mass is 477 g/mol. The number of hydrogen-bond acceptors (Lipinski definition) is 5. The molecule has 154 valence electrons. The van der Waals surface area contributed by atoms with Gasteiger partial charge in [-0.25, -0.2) is 8.42 Å². The van der Waals surface area contributed by atoms with E-state index in [1.54, 1.807) is 0 Å². The van der Waals surface area contributed by atoms with Gasteiger partial charge in [0.15, 0.2) is 0 Å². The molecule has 2 rings (SSSR count). The van der Waals surface area contributed by atoms with E-state index in [1.807, 2.05) is 0 Å². The fourth-order valence-corrected chi connectivity index (χ4v) is 4.98. The first-order valence-corrected chi connectivity index (χ1v) is 11.0. The van der Waals surface area contributed by atoms with Crippen LogP contribution in [0, 0.1) is 0 Å². The first-order valence-electron chi connectivity index (χ1n) is 7.25. The summed E-state index contributed by atoms with van der Waals surface area (Å²) in [4.78, 5) is -0.709. The van der Waals surface area contributed by atoms with Crippen molar-refractivity contribution in [2.24, 2.45) is 0 Å². The van der Waals surface area contributed by atoms with E-state index in [2.05, 4.69) is 4.72 Å². The number of sulfonamides is 1. The summed E-state index contributed by atoms with van der Waals surface area (Å²) in [5.41, 5.74) is -1.59. The van der Waals surface area contributed by atoms with Crippen LogP contribution in [0.15, 0.2) is 41.3 Å². The summed E-state index contributed by atoms with van der Waals surface area (Å²) in [6.07, 6.45) is -4.86. The summed E-state index contributed by atoms with van der Waals surface area (Å²) >= 11 is 11.4. The second-order valence-corrected chi connectivity index (χ2v) is 10.0. The fourth-order valence-electron chi connectivity index (χ4n) is 2.19. The quantitative estimate of drug-likeness (QED) is 0.596. The summed E-state index contributed by atoms with van der Waals surface area (Å²) in [6, 6.07) is 5.77. The Labute approximate surface area is 169 Å². The van der Waals surface area contributed by atoms with Crippen molar-refractivity contribution >= 4 is 51.8 Å². The number of rotatable bonds is 6. The summed E-state index contributed by atoms with van der Waals surface area (Å²) in [6.45, 7) is 0. The van der Waals surface area contributed by atoms with E-state index in [9.17, 15) is 26.2 Å². The standard InChI is InChI=1S/C15H13Cl2F3NO5PS/c1-25-27(22,26-2)14-6-3-9(16)7-13(14)21-28(23,24)10-4-5-12(17)11(8-10)15(18,19)20/h3-8,21H,1-2H3. The van der Waals surface area contributed by atoms with Gasteiger partial charge >= 0.3 is 13.8 Å². The molecule has 0 aliphatic heterocycles. The maximum atomic E-state index is 13.0. The second kappa shape index (κ2) is 8.22. The minimum atomic E-state index is -4.86. The maximum Gasteiger partial charge on any atom is 0.417 e. The van der Waals surface area contributed by atoms with Gasteiger partial charge in [-0.2, -0.15) is 13.2 Å². The molecule has 0 aliphatic carbocycles. The maximum absolute atomic E-state index is 13.0. The molecule has 0 saturated carbocycles. The van der Waals surface area contributed by atoms with Crippen LogP contribution >= 0.6 is 30.8 Å². The zero-order chi connectivity index (χ0) is 21.3. The predicted molar refractivity (Wildman–Crippen MR) is 100.0 cm³/mol. The SMILES string of the molecule is COP(=O)(OC)c1ccc(Cl)cc1NS(=O)(=O)c1ccc(Cl)c(C(F)(F)F)c1. The van der Waals surface area contributed by atoms with E-state index >= 15 is 0 Å². The van der Waals surface area contributed by atoms with Crippen LogP contribution in [0.3, 0.4) is 0 Å². The minimum absolute atomic E-state index is 0.0762. The third-order valence-electron chi connectivity index (χ3n) is 3.53. The fraction of sp³-hybridized carbons (Fsp3) is 0.200. The van der Waals surface area contributed by atoms with Crippen molar-refractivity contribution in [2.75, 3.05) is 18.9 Å². The lowest BCUT2D eigenvalue weighted by Gasteiger charge is -2.19. The third-order valence-corrected chi connectivity index (χ3v) is 7.40. The number of hydrogen-bond donors (Lipinski definition) is 1. The third kappa shape index (κ3) is 4.82. The first-order chi connectivity index (χ1) is 12.8. The van der Waals surface area contributed by atoms with Gasteiger partial charge in [0, 0.05) is 19.2 Å². The Morgan fingerprint density at radius 1 is 1.04 bits per heavy atom. The molecule has 0 fully saturated rings. The highest BCUT2D eigenvalue weighted by molar-refractivity contribution is 7.92. The van der Waals surface area contributed by atoms with Crippen molar-refractivity contribution < 1.29 is 35.2 Å². The number of halogens is 5. The molecule has 0 amide bonds. The van der Waals surface area contributed by atoms with Gasteiger partial charge in [-0.3, -0.25) is 9.29 Å². The minimum Gasteiger partial charge on any atom is -0.309 e. The van der Waals surface area contributed by atoms with Crippen LogP contribution in [0.5, 0.6) is 0 Å². The molecule has 0 saturated heterocycles. The molecule has 0 aromatic heterocycles. The Balaban J connectivity index is 2.57. The first kappa shape index (κ1) is 23.0. The predicted octanol–water partition coefficient (Wildman–Crippen LogP) is 4.92. The molecule has 28 heavy (non-hydrogen) atoms. The van der Waals surface area contributed by atoms with Gasteiger partial charge < -0.3 is 9.05 Å². The van der Waals surface area contributed by atoms with Gasteiger partial charge in [0.2, 0.25) is 0 Å². The Kier molecular flexibility index (Phi) is 6.75. The van der Waals surface area contributed by atoms with E-state index in [4.69, 9.17) is 32.2 Å². The Hall–Kier alpha value is -1.29. The summed E-state index contributed by atoms with van der Waals surface area (Å²) < 4.78 is 88.7. The van der Waals surface area contributed by atoms with Crippen molar-refractivity contribution in [2.45, 2.75) is 11.1 Å². The normalized spacial score (nSPS) is 12.8. The molecule has 0 spiro atoms. The number of anilines is 1. The lowest BCUT2D eigenvalue weighted by atomic mass is 10.2. The van der Waals surface area contributed by atoms with Crippen molar-refractivity contribution in [3.8, 4) is 0 Å². The highest BCUT2D eigenvalue weighted by atomic mass is 35.5. The van der Waals surface area contributed by atoms with Gasteiger partial charge in [0.25, 0.3) is 10.0 Å². The van der Waals surface area contributed by atoms with Crippen LogP contribution in [0.25, 0.3) is 0 Å². The Bertz CT molecular complexity index is 1040. The van der Waals surface area contributed by atoms with Crippen LogP contribution in [-0.2, 0) is 29.8 Å². The molecule has 0 heterocycles. The van der Waals surface area contributed by atoms with Gasteiger partial charge in [-0.1, -0.05) is 23.2 Å². The Morgan fingerprint density at radius 2 is 1.64 bits per heavy atom. The van der Waals surface area contributed by atoms with Crippen molar-refractivity contribution in [3.05, 3.63) is 52.0 Å². The van der Waals surface area contributed by atoms with E-state index < -0.39 is 39.3 Å². The van der Waals surface area contributed by atoms with Crippen molar-refractivity contribution in [1.29, 1.82) is 0 Å². The number of alkyl halides is 3. The number of nitrogens with one attached hydrogen (secondary N) is 1. The van der Waals surface area contributed by atoms with E-state index in [1.165, 1.54) is 12.1 Å². The van der Waals surface area contributed by atoms with Crippen LogP contribution in [0.4, 0.5) is 18.9 Å². The molecule has 0 atom stereocenters. The molecule has 1 N–H and O–H groups in total. The summed E-state index contributed by atoms with van der Waals surface area (Å²) in [5.74, 6) is 0. The molecule has 0 bridgehead atoms. The molecule has 2 aromatic carbocycles.